The molecule has 2 N–H and O–H groups in total. The molecule has 0 saturated carbocycles. The average Bonchev–Trinajstić information content (AvgIpc) is 2.54. The SMILES string of the molecule is O=C(NC(CO)CC1OCCCO1)OCc1ccccc1. The molecule has 1 aliphatic heterocycles. The number of ether oxygens (including phenoxy) is 3. The van der Waals surface area contributed by atoms with E-state index in [0.717, 1.165) is 12.0 Å². The smallest absolute Gasteiger partial charge is 0.407 e. The van der Waals surface area contributed by atoms with Gasteiger partial charge in [0.1, 0.15) is 6.61 Å². The van der Waals surface area contributed by atoms with Crippen molar-refractivity contribution in [1.29, 1.82) is 0 Å². The topological polar surface area (TPSA) is 77.0 Å². The number of hydrogen-bond donors (Lipinski definition) is 2. The van der Waals surface area contributed by atoms with Crippen LogP contribution in [0, 0.1) is 0 Å². The van der Waals surface area contributed by atoms with Crippen LogP contribution in [0.2, 0.25) is 0 Å². The number of carbonyl (C=O) groups excluding carboxylic acids is 1. The third-order valence-electron chi connectivity index (χ3n) is 3.13. The van der Waals surface area contributed by atoms with E-state index in [0.29, 0.717) is 19.6 Å². The Hall–Kier alpha value is -1.63. The molecule has 116 valence electrons. The molecule has 1 aliphatic rings. The molecule has 21 heavy (non-hydrogen) atoms. The molecule has 0 aliphatic carbocycles. The van der Waals surface area contributed by atoms with Crippen LogP contribution in [0.1, 0.15) is 18.4 Å². The first-order valence-corrected chi connectivity index (χ1v) is 7.09. The van der Waals surface area contributed by atoms with Gasteiger partial charge < -0.3 is 24.6 Å². The monoisotopic (exact) mass is 295 g/mol. The second kappa shape index (κ2) is 8.61. The summed E-state index contributed by atoms with van der Waals surface area (Å²) in [6, 6.07) is 8.96. The lowest BCUT2D eigenvalue weighted by molar-refractivity contribution is -0.184. The summed E-state index contributed by atoms with van der Waals surface area (Å²) in [5.41, 5.74) is 0.909. The molecular weight excluding hydrogens is 274 g/mol. The predicted molar refractivity (Wildman–Crippen MR) is 75.6 cm³/mol. The maximum Gasteiger partial charge on any atom is 0.407 e. The first-order valence-electron chi connectivity index (χ1n) is 7.09. The fourth-order valence-corrected chi connectivity index (χ4v) is 2.02. The lowest BCUT2D eigenvalue weighted by Gasteiger charge is -2.26. The Morgan fingerprint density at radius 2 is 2.05 bits per heavy atom. The first kappa shape index (κ1) is 15.8. The van der Waals surface area contributed by atoms with Crippen LogP contribution in [0.4, 0.5) is 4.79 Å². The van der Waals surface area contributed by atoms with E-state index in [9.17, 15) is 9.90 Å². The quantitative estimate of drug-likeness (QED) is 0.830. The molecule has 2 rings (SSSR count). The molecule has 1 atom stereocenters. The summed E-state index contributed by atoms with van der Waals surface area (Å²) in [5, 5.41) is 11.9. The number of aliphatic hydroxyl groups excluding tert-OH is 1. The zero-order valence-electron chi connectivity index (χ0n) is 11.9. The Kier molecular flexibility index (Phi) is 6.46. The van der Waals surface area contributed by atoms with Gasteiger partial charge in [0.25, 0.3) is 0 Å². The van der Waals surface area contributed by atoms with Gasteiger partial charge in [-0.3, -0.25) is 0 Å². The number of hydrogen-bond acceptors (Lipinski definition) is 5. The van der Waals surface area contributed by atoms with E-state index in [1.807, 2.05) is 30.3 Å². The van der Waals surface area contributed by atoms with E-state index in [1.165, 1.54) is 0 Å². The third-order valence-corrected chi connectivity index (χ3v) is 3.13. The molecule has 1 aromatic rings. The molecule has 1 fully saturated rings. The number of benzene rings is 1. The van der Waals surface area contributed by atoms with Gasteiger partial charge in [-0.15, -0.1) is 0 Å². The van der Waals surface area contributed by atoms with Gasteiger partial charge in [0, 0.05) is 6.42 Å². The van der Waals surface area contributed by atoms with E-state index in [2.05, 4.69) is 5.32 Å². The van der Waals surface area contributed by atoms with Crippen LogP contribution >= 0.6 is 0 Å². The summed E-state index contributed by atoms with van der Waals surface area (Å²) in [7, 11) is 0. The highest BCUT2D eigenvalue weighted by atomic mass is 16.7. The Bertz CT molecular complexity index is 419. The van der Waals surface area contributed by atoms with Crippen molar-refractivity contribution < 1.29 is 24.1 Å². The highest BCUT2D eigenvalue weighted by molar-refractivity contribution is 5.67. The first-order chi connectivity index (χ1) is 10.3. The molecular formula is C15H21NO5. The minimum absolute atomic E-state index is 0.191. The second-order valence-corrected chi connectivity index (χ2v) is 4.85. The molecule has 1 saturated heterocycles. The van der Waals surface area contributed by atoms with Crippen LogP contribution < -0.4 is 5.32 Å². The maximum atomic E-state index is 11.7. The van der Waals surface area contributed by atoms with Gasteiger partial charge in [0.05, 0.1) is 25.9 Å². The summed E-state index contributed by atoms with van der Waals surface area (Å²) in [5.74, 6) is 0. The normalized spacial score (nSPS) is 17.2. The van der Waals surface area contributed by atoms with Crippen LogP contribution in [0.5, 0.6) is 0 Å². The number of nitrogens with one attached hydrogen (secondary N) is 1. The van der Waals surface area contributed by atoms with Crippen molar-refractivity contribution in [2.75, 3.05) is 19.8 Å². The highest BCUT2D eigenvalue weighted by Crippen LogP contribution is 2.11. The fourth-order valence-electron chi connectivity index (χ4n) is 2.02. The Balaban J connectivity index is 1.71. The van der Waals surface area contributed by atoms with Crippen LogP contribution in [0.25, 0.3) is 0 Å². The van der Waals surface area contributed by atoms with Crippen LogP contribution in [0.3, 0.4) is 0 Å². The van der Waals surface area contributed by atoms with Crippen LogP contribution in [-0.2, 0) is 20.8 Å². The summed E-state index contributed by atoms with van der Waals surface area (Å²) >= 11 is 0. The minimum Gasteiger partial charge on any atom is -0.445 e. The number of carbonyl (C=O) groups is 1. The van der Waals surface area contributed by atoms with Gasteiger partial charge in [-0.25, -0.2) is 4.79 Å². The predicted octanol–water partition coefficient (Wildman–Crippen LogP) is 1.43. The van der Waals surface area contributed by atoms with E-state index >= 15 is 0 Å². The maximum absolute atomic E-state index is 11.7. The van der Waals surface area contributed by atoms with Gasteiger partial charge in [-0.1, -0.05) is 30.3 Å². The summed E-state index contributed by atoms with van der Waals surface area (Å²) in [4.78, 5) is 11.7. The van der Waals surface area contributed by atoms with Crippen molar-refractivity contribution in [3.05, 3.63) is 35.9 Å². The Labute approximate surface area is 124 Å². The largest absolute Gasteiger partial charge is 0.445 e. The lowest BCUT2D eigenvalue weighted by Crippen LogP contribution is -2.42. The van der Waals surface area contributed by atoms with Crippen molar-refractivity contribution in [3.8, 4) is 0 Å². The average molecular weight is 295 g/mol. The number of rotatable bonds is 6. The number of aliphatic hydroxyl groups is 1. The molecule has 0 aromatic heterocycles. The number of alkyl carbamates (subject to hydrolysis) is 1. The van der Waals surface area contributed by atoms with Gasteiger partial charge in [-0.05, 0) is 12.0 Å². The summed E-state index contributed by atoms with van der Waals surface area (Å²) in [6.45, 7) is 1.29. The summed E-state index contributed by atoms with van der Waals surface area (Å²) in [6.07, 6.45) is 0.322. The molecule has 6 nitrogen and oxygen atoms in total. The zero-order valence-corrected chi connectivity index (χ0v) is 11.9. The lowest BCUT2D eigenvalue weighted by atomic mass is 10.2. The van der Waals surface area contributed by atoms with E-state index in [4.69, 9.17) is 14.2 Å². The van der Waals surface area contributed by atoms with E-state index < -0.39 is 12.1 Å². The number of amides is 1. The Morgan fingerprint density at radius 3 is 2.71 bits per heavy atom. The molecule has 6 heteroatoms. The third kappa shape index (κ3) is 5.71. The van der Waals surface area contributed by atoms with Gasteiger partial charge in [0.2, 0.25) is 0 Å². The van der Waals surface area contributed by atoms with Crippen LogP contribution in [0.15, 0.2) is 30.3 Å². The van der Waals surface area contributed by atoms with Crippen molar-refractivity contribution in [2.24, 2.45) is 0 Å². The zero-order chi connectivity index (χ0) is 14.9. The Morgan fingerprint density at radius 1 is 1.33 bits per heavy atom. The molecule has 1 heterocycles. The van der Waals surface area contributed by atoms with E-state index in [1.54, 1.807) is 0 Å². The highest BCUT2D eigenvalue weighted by Gasteiger charge is 2.21. The second-order valence-electron chi connectivity index (χ2n) is 4.85. The molecule has 0 bridgehead atoms. The molecule has 1 unspecified atom stereocenters. The van der Waals surface area contributed by atoms with Gasteiger partial charge in [-0.2, -0.15) is 0 Å². The fraction of sp³-hybridized carbons (Fsp3) is 0.533. The molecule has 0 radical (unpaired) electrons. The molecule has 1 amide bonds. The van der Waals surface area contributed by atoms with Gasteiger partial charge >= 0.3 is 6.09 Å². The van der Waals surface area contributed by atoms with Crippen LogP contribution in [-0.4, -0.2) is 43.4 Å². The van der Waals surface area contributed by atoms with E-state index in [-0.39, 0.29) is 19.5 Å². The van der Waals surface area contributed by atoms with Gasteiger partial charge in [0.15, 0.2) is 6.29 Å². The summed E-state index contributed by atoms with van der Waals surface area (Å²) < 4.78 is 15.9. The molecule has 1 aromatic carbocycles. The standard InChI is InChI=1S/C15H21NO5/c17-10-13(9-14-19-7-4-8-20-14)16-15(18)21-11-12-5-2-1-3-6-12/h1-3,5-6,13-14,17H,4,7-11H2,(H,16,18). The van der Waals surface area contributed by atoms with Crippen molar-refractivity contribution in [2.45, 2.75) is 31.8 Å². The van der Waals surface area contributed by atoms with Crippen molar-refractivity contribution >= 4 is 6.09 Å². The molecule has 0 spiro atoms. The van der Waals surface area contributed by atoms with Crippen molar-refractivity contribution in [1.82, 2.24) is 5.32 Å². The van der Waals surface area contributed by atoms with Crippen molar-refractivity contribution in [3.63, 3.8) is 0 Å². The minimum atomic E-state index is -0.561.